The third-order valence-corrected chi connectivity index (χ3v) is 9.19. The number of aromatic amines is 1. The van der Waals surface area contributed by atoms with Crippen LogP contribution >= 0.6 is 11.6 Å². The van der Waals surface area contributed by atoms with Crippen molar-refractivity contribution in [2.75, 3.05) is 33.3 Å². The molecule has 0 atom stereocenters. The van der Waals surface area contributed by atoms with Crippen molar-refractivity contribution < 1.29 is 21.6 Å². The summed E-state index contributed by atoms with van der Waals surface area (Å²) >= 11 is 6.07. The third-order valence-electron chi connectivity index (χ3n) is 4.83. The number of sulfonamides is 2. The maximum absolute atomic E-state index is 13.1. The predicted molar refractivity (Wildman–Crippen MR) is 108 cm³/mol. The lowest BCUT2D eigenvalue weighted by Gasteiger charge is -2.22. The van der Waals surface area contributed by atoms with Crippen molar-refractivity contribution in [3.63, 3.8) is 0 Å². The SMILES string of the molecule is COc1ccc(S(=O)(=O)N2CCCN(S(=O)(=O)c3c(C)n[nH]c3C)CC2)cc1Cl. The highest BCUT2D eigenvalue weighted by Gasteiger charge is 2.34. The van der Waals surface area contributed by atoms with Crippen LogP contribution in [-0.4, -0.2) is 68.9 Å². The first-order valence-electron chi connectivity index (χ1n) is 8.94. The summed E-state index contributed by atoms with van der Waals surface area (Å²) in [6.45, 7) is 3.80. The van der Waals surface area contributed by atoms with Gasteiger partial charge in [0.15, 0.2) is 0 Å². The predicted octanol–water partition coefficient (Wildman–Crippen LogP) is 1.77. The molecule has 1 fully saturated rings. The Morgan fingerprint density at radius 3 is 2.17 bits per heavy atom. The van der Waals surface area contributed by atoms with E-state index in [9.17, 15) is 16.8 Å². The topological polar surface area (TPSA) is 113 Å². The van der Waals surface area contributed by atoms with Crippen LogP contribution in [0, 0.1) is 13.8 Å². The third kappa shape index (κ3) is 4.15. The molecule has 2 aromatic rings. The van der Waals surface area contributed by atoms with Gasteiger partial charge in [-0.2, -0.15) is 13.7 Å². The molecular formula is C17H23ClN4O5S2. The van der Waals surface area contributed by atoms with E-state index in [-0.39, 0.29) is 41.0 Å². The van der Waals surface area contributed by atoms with Crippen LogP contribution in [-0.2, 0) is 20.0 Å². The Kier molecular flexibility index (Phi) is 6.25. The Morgan fingerprint density at radius 1 is 1.03 bits per heavy atom. The van der Waals surface area contributed by atoms with Crippen LogP contribution in [0.4, 0.5) is 0 Å². The second-order valence-electron chi connectivity index (χ2n) is 6.72. The molecule has 12 heteroatoms. The Labute approximate surface area is 175 Å². The van der Waals surface area contributed by atoms with Gasteiger partial charge in [-0.1, -0.05) is 11.6 Å². The summed E-state index contributed by atoms with van der Waals surface area (Å²) < 4.78 is 59.8. The van der Waals surface area contributed by atoms with Gasteiger partial charge in [-0.15, -0.1) is 0 Å². The first kappa shape index (κ1) is 22.0. The molecule has 2 heterocycles. The summed E-state index contributed by atoms with van der Waals surface area (Å²) in [5, 5.41) is 6.83. The molecule has 0 aliphatic carbocycles. The van der Waals surface area contributed by atoms with Crippen molar-refractivity contribution in [2.45, 2.75) is 30.1 Å². The minimum absolute atomic E-state index is 0.0427. The number of rotatable bonds is 5. The molecule has 0 saturated carbocycles. The van der Waals surface area contributed by atoms with E-state index < -0.39 is 20.0 Å². The van der Waals surface area contributed by atoms with Crippen LogP contribution in [0.3, 0.4) is 0 Å². The average Bonchev–Trinajstić information content (AvgIpc) is 2.86. The van der Waals surface area contributed by atoms with Crippen molar-refractivity contribution in [3.8, 4) is 5.75 Å². The average molecular weight is 463 g/mol. The smallest absolute Gasteiger partial charge is 0.246 e. The van der Waals surface area contributed by atoms with Crippen LogP contribution in [0.1, 0.15) is 17.8 Å². The molecule has 1 saturated heterocycles. The minimum Gasteiger partial charge on any atom is -0.495 e. The van der Waals surface area contributed by atoms with E-state index in [1.165, 1.54) is 33.9 Å². The van der Waals surface area contributed by atoms with Gasteiger partial charge in [0.2, 0.25) is 20.0 Å². The zero-order chi connectivity index (χ0) is 21.4. The summed E-state index contributed by atoms with van der Waals surface area (Å²) in [5.41, 5.74) is 0.855. The lowest BCUT2D eigenvalue weighted by atomic mass is 10.3. The van der Waals surface area contributed by atoms with E-state index in [0.717, 1.165) is 0 Å². The van der Waals surface area contributed by atoms with Gasteiger partial charge < -0.3 is 4.74 Å². The number of nitrogens with zero attached hydrogens (tertiary/aromatic N) is 3. The van der Waals surface area contributed by atoms with Crippen LogP contribution in [0.5, 0.6) is 5.75 Å². The molecule has 1 aromatic heterocycles. The molecule has 160 valence electrons. The summed E-state index contributed by atoms with van der Waals surface area (Å²) in [7, 11) is -6.14. The molecule has 0 bridgehead atoms. The number of H-pyrrole nitrogens is 1. The molecular weight excluding hydrogens is 440 g/mol. The largest absolute Gasteiger partial charge is 0.495 e. The van der Waals surface area contributed by atoms with Gasteiger partial charge in [-0.3, -0.25) is 5.10 Å². The van der Waals surface area contributed by atoms with E-state index in [2.05, 4.69) is 10.2 Å². The van der Waals surface area contributed by atoms with Gasteiger partial charge in [0, 0.05) is 26.2 Å². The molecule has 1 aliphatic rings. The molecule has 0 unspecified atom stereocenters. The molecule has 9 nitrogen and oxygen atoms in total. The Balaban J connectivity index is 1.83. The van der Waals surface area contributed by atoms with Gasteiger partial charge in [-0.25, -0.2) is 16.8 Å². The lowest BCUT2D eigenvalue weighted by Crippen LogP contribution is -2.37. The Bertz CT molecular complexity index is 1100. The van der Waals surface area contributed by atoms with E-state index >= 15 is 0 Å². The second kappa shape index (κ2) is 8.23. The highest BCUT2D eigenvalue weighted by atomic mass is 35.5. The highest BCUT2D eigenvalue weighted by molar-refractivity contribution is 7.89. The number of benzene rings is 1. The summed E-state index contributed by atoms with van der Waals surface area (Å²) in [5.74, 6) is 0.379. The molecule has 0 spiro atoms. The lowest BCUT2D eigenvalue weighted by molar-refractivity contribution is 0.403. The Morgan fingerprint density at radius 2 is 1.66 bits per heavy atom. The first-order valence-corrected chi connectivity index (χ1v) is 12.2. The van der Waals surface area contributed by atoms with Crippen LogP contribution in [0.2, 0.25) is 5.02 Å². The van der Waals surface area contributed by atoms with Crippen LogP contribution in [0.25, 0.3) is 0 Å². The van der Waals surface area contributed by atoms with Crippen molar-refractivity contribution >= 4 is 31.6 Å². The maximum Gasteiger partial charge on any atom is 0.246 e. The van der Waals surface area contributed by atoms with Gasteiger partial charge in [0.25, 0.3) is 0 Å². The van der Waals surface area contributed by atoms with Crippen molar-refractivity contribution in [3.05, 3.63) is 34.6 Å². The number of ether oxygens (including phenoxy) is 1. The molecule has 1 aliphatic heterocycles. The van der Waals surface area contributed by atoms with Crippen molar-refractivity contribution in [1.29, 1.82) is 0 Å². The van der Waals surface area contributed by atoms with Gasteiger partial charge >= 0.3 is 0 Å². The molecule has 3 rings (SSSR count). The standard InChI is InChI=1S/C17H23ClN4O5S2/c1-12-17(13(2)20-19-12)29(25,26)22-8-4-7-21(9-10-22)28(23,24)14-5-6-16(27-3)15(18)11-14/h5-6,11H,4,7-10H2,1-3H3,(H,19,20). The summed E-state index contributed by atoms with van der Waals surface area (Å²) in [4.78, 5) is 0.192. The molecule has 1 aromatic carbocycles. The van der Waals surface area contributed by atoms with E-state index in [1.54, 1.807) is 13.8 Å². The highest BCUT2D eigenvalue weighted by Crippen LogP contribution is 2.29. The zero-order valence-corrected chi connectivity index (χ0v) is 18.7. The zero-order valence-electron chi connectivity index (χ0n) is 16.3. The second-order valence-corrected chi connectivity index (χ2v) is 10.9. The molecule has 0 amide bonds. The van der Waals surface area contributed by atoms with E-state index in [4.69, 9.17) is 16.3 Å². The quantitative estimate of drug-likeness (QED) is 0.724. The van der Waals surface area contributed by atoms with Crippen LogP contribution in [0.15, 0.2) is 28.0 Å². The number of halogens is 1. The number of aromatic nitrogens is 2. The van der Waals surface area contributed by atoms with Gasteiger partial charge in [0.1, 0.15) is 10.6 Å². The van der Waals surface area contributed by atoms with Crippen molar-refractivity contribution in [2.24, 2.45) is 0 Å². The summed E-state index contributed by atoms with van der Waals surface area (Å²) in [6, 6.07) is 4.26. The van der Waals surface area contributed by atoms with E-state index in [0.29, 0.717) is 23.6 Å². The minimum atomic E-state index is -3.82. The number of methoxy groups -OCH3 is 1. The molecule has 29 heavy (non-hydrogen) atoms. The number of hydrogen-bond donors (Lipinski definition) is 1. The van der Waals surface area contributed by atoms with Crippen LogP contribution < -0.4 is 4.74 Å². The van der Waals surface area contributed by atoms with Gasteiger partial charge in [0.05, 0.1) is 28.4 Å². The van der Waals surface area contributed by atoms with E-state index in [1.807, 2.05) is 0 Å². The van der Waals surface area contributed by atoms with Crippen molar-refractivity contribution in [1.82, 2.24) is 18.8 Å². The fraction of sp³-hybridized carbons (Fsp3) is 0.471. The normalized spacial score (nSPS) is 17.2. The number of aryl methyl sites for hydroxylation is 2. The monoisotopic (exact) mass is 462 g/mol. The van der Waals surface area contributed by atoms with Gasteiger partial charge in [-0.05, 0) is 38.5 Å². The fourth-order valence-corrected chi connectivity index (χ4v) is 6.98. The molecule has 0 radical (unpaired) electrons. The molecule has 1 N–H and O–H groups in total. The summed E-state index contributed by atoms with van der Waals surface area (Å²) in [6.07, 6.45) is 0.373. The first-order chi connectivity index (χ1) is 13.6. The number of nitrogens with one attached hydrogen (secondary N) is 1. The fourth-order valence-electron chi connectivity index (χ4n) is 3.36. The Hall–Kier alpha value is -1.66. The maximum atomic E-state index is 13.1. The number of hydrogen-bond acceptors (Lipinski definition) is 6.